The Morgan fingerprint density at radius 2 is 2.04 bits per heavy atom. The van der Waals surface area contributed by atoms with E-state index >= 15 is 0 Å². The van der Waals surface area contributed by atoms with Crippen molar-refractivity contribution in [2.24, 2.45) is 0 Å². The van der Waals surface area contributed by atoms with Crippen LogP contribution >= 0.6 is 0 Å². The Hall–Kier alpha value is -2.41. The van der Waals surface area contributed by atoms with Crippen LogP contribution in [0.25, 0.3) is 0 Å². The topological polar surface area (TPSA) is 80.5 Å². The van der Waals surface area contributed by atoms with Gasteiger partial charge in [-0.1, -0.05) is 5.16 Å². The molecule has 1 aromatic heterocycles. The Morgan fingerprint density at radius 3 is 2.62 bits per heavy atom. The number of ether oxygens (including phenoxy) is 1. The van der Waals surface area contributed by atoms with Crippen LogP contribution in [0.2, 0.25) is 0 Å². The molecule has 2 aromatic rings. The summed E-state index contributed by atoms with van der Waals surface area (Å²) in [6.07, 6.45) is 2.42. The summed E-state index contributed by atoms with van der Waals surface area (Å²) in [6.45, 7) is 3.91. The number of hydrogen-bond acceptors (Lipinski definition) is 6. The molecule has 1 N–H and O–H groups in total. The predicted molar refractivity (Wildman–Crippen MR) is 88.9 cm³/mol. The quantitative estimate of drug-likeness (QED) is 0.902. The van der Waals surface area contributed by atoms with Crippen molar-refractivity contribution in [3.8, 4) is 0 Å². The van der Waals surface area contributed by atoms with E-state index in [4.69, 9.17) is 9.26 Å². The highest BCUT2D eigenvalue weighted by Gasteiger charge is 2.19. The zero-order chi connectivity index (χ0) is 16.9. The van der Waals surface area contributed by atoms with Gasteiger partial charge in [-0.2, -0.15) is 4.98 Å². The van der Waals surface area contributed by atoms with Crippen LogP contribution in [0.15, 0.2) is 28.8 Å². The monoisotopic (exact) mass is 330 g/mol. The Labute approximate surface area is 141 Å². The maximum absolute atomic E-state index is 12.2. The zero-order valence-electron chi connectivity index (χ0n) is 14.0. The summed E-state index contributed by atoms with van der Waals surface area (Å²) in [7, 11) is 1.77. The van der Waals surface area contributed by atoms with E-state index in [1.165, 1.54) is 0 Å². The van der Waals surface area contributed by atoms with Gasteiger partial charge in [0.25, 0.3) is 5.91 Å². The minimum atomic E-state index is -0.157. The number of aryl methyl sites for hydroxylation is 1. The molecular formula is C17H22N4O3. The molecule has 2 heterocycles. The molecule has 0 unspecified atom stereocenters. The van der Waals surface area contributed by atoms with E-state index in [9.17, 15) is 4.79 Å². The fourth-order valence-corrected chi connectivity index (χ4v) is 2.84. The Kier molecular flexibility index (Phi) is 5.10. The SMILES string of the molecule is COC1CCN(c2ccc(C(=O)NCc3nc(C)no3)cc2)CC1. The normalized spacial score (nSPS) is 15.5. The number of methoxy groups -OCH3 is 1. The fraction of sp³-hybridized carbons (Fsp3) is 0.471. The van der Waals surface area contributed by atoms with Gasteiger partial charge in [0, 0.05) is 31.5 Å². The van der Waals surface area contributed by atoms with Gasteiger partial charge in [0.15, 0.2) is 5.82 Å². The van der Waals surface area contributed by atoms with Gasteiger partial charge in [0.2, 0.25) is 5.89 Å². The number of carbonyl (C=O) groups excluding carboxylic acids is 1. The second kappa shape index (κ2) is 7.44. The number of nitrogens with one attached hydrogen (secondary N) is 1. The standard InChI is InChI=1S/C17H22N4O3/c1-12-19-16(24-20-12)11-18-17(22)13-3-5-14(6-4-13)21-9-7-15(23-2)8-10-21/h3-6,15H,7-11H2,1-2H3,(H,18,22). The zero-order valence-corrected chi connectivity index (χ0v) is 14.0. The average Bonchev–Trinajstić information content (AvgIpc) is 3.05. The number of nitrogens with zero attached hydrogens (tertiary/aromatic N) is 3. The number of anilines is 1. The molecule has 0 saturated carbocycles. The third kappa shape index (κ3) is 3.91. The summed E-state index contributed by atoms with van der Waals surface area (Å²) < 4.78 is 10.4. The number of piperidine rings is 1. The Balaban J connectivity index is 1.55. The lowest BCUT2D eigenvalue weighted by molar-refractivity contribution is 0.0819. The molecule has 1 aromatic carbocycles. The molecule has 0 aliphatic carbocycles. The van der Waals surface area contributed by atoms with Crippen molar-refractivity contribution in [3.05, 3.63) is 41.5 Å². The highest BCUT2D eigenvalue weighted by molar-refractivity contribution is 5.94. The van der Waals surface area contributed by atoms with E-state index in [0.29, 0.717) is 23.4 Å². The van der Waals surface area contributed by atoms with E-state index in [0.717, 1.165) is 31.6 Å². The summed E-state index contributed by atoms with van der Waals surface area (Å²) in [6, 6.07) is 7.65. The van der Waals surface area contributed by atoms with Gasteiger partial charge in [-0.05, 0) is 44.0 Å². The van der Waals surface area contributed by atoms with Crippen LogP contribution in [0, 0.1) is 6.92 Å². The third-order valence-electron chi connectivity index (χ3n) is 4.24. The van der Waals surface area contributed by atoms with Gasteiger partial charge in [0.1, 0.15) is 0 Å². The first-order chi connectivity index (χ1) is 11.7. The number of rotatable bonds is 5. The predicted octanol–water partition coefficient (Wildman–Crippen LogP) is 1.92. The smallest absolute Gasteiger partial charge is 0.251 e. The maximum atomic E-state index is 12.2. The second-order valence-corrected chi connectivity index (χ2v) is 5.89. The summed E-state index contributed by atoms with van der Waals surface area (Å²) in [4.78, 5) is 18.5. The van der Waals surface area contributed by atoms with Crippen molar-refractivity contribution in [1.29, 1.82) is 0 Å². The summed E-state index contributed by atoms with van der Waals surface area (Å²) in [5.41, 5.74) is 1.75. The fourth-order valence-electron chi connectivity index (χ4n) is 2.84. The van der Waals surface area contributed by atoms with Crippen LogP contribution in [0.1, 0.15) is 34.9 Å². The van der Waals surface area contributed by atoms with Gasteiger partial charge in [-0.15, -0.1) is 0 Å². The first-order valence-corrected chi connectivity index (χ1v) is 8.11. The highest BCUT2D eigenvalue weighted by atomic mass is 16.5. The third-order valence-corrected chi connectivity index (χ3v) is 4.24. The minimum Gasteiger partial charge on any atom is -0.381 e. The molecule has 128 valence electrons. The number of carbonyl (C=O) groups is 1. The Bertz CT molecular complexity index is 675. The molecule has 1 saturated heterocycles. The van der Waals surface area contributed by atoms with E-state index < -0.39 is 0 Å². The van der Waals surface area contributed by atoms with Crippen molar-refractivity contribution >= 4 is 11.6 Å². The first-order valence-electron chi connectivity index (χ1n) is 8.11. The lowest BCUT2D eigenvalue weighted by atomic mass is 10.1. The van der Waals surface area contributed by atoms with E-state index in [1.54, 1.807) is 14.0 Å². The molecule has 3 rings (SSSR count). The van der Waals surface area contributed by atoms with Gasteiger partial charge < -0.3 is 19.5 Å². The van der Waals surface area contributed by atoms with Gasteiger partial charge in [0.05, 0.1) is 12.6 Å². The minimum absolute atomic E-state index is 0.157. The number of benzene rings is 1. The molecule has 0 radical (unpaired) electrons. The van der Waals surface area contributed by atoms with Crippen molar-refractivity contribution in [2.75, 3.05) is 25.1 Å². The molecule has 1 aliphatic rings. The molecule has 7 heteroatoms. The lowest BCUT2D eigenvalue weighted by Crippen LogP contribution is -2.36. The molecule has 24 heavy (non-hydrogen) atoms. The highest BCUT2D eigenvalue weighted by Crippen LogP contribution is 2.21. The molecular weight excluding hydrogens is 308 g/mol. The Morgan fingerprint density at radius 1 is 1.33 bits per heavy atom. The van der Waals surface area contributed by atoms with Crippen LogP contribution in [0.4, 0.5) is 5.69 Å². The average molecular weight is 330 g/mol. The molecule has 7 nitrogen and oxygen atoms in total. The molecule has 1 amide bonds. The van der Waals surface area contributed by atoms with E-state index in [-0.39, 0.29) is 12.5 Å². The lowest BCUT2D eigenvalue weighted by Gasteiger charge is -2.33. The van der Waals surface area contributed by atoms with Crippen LogP contribution in [0.5, 0.6) is 0 Å². The number of aromatic nitrogens is 2. The van der Waals surface area contributed by atoms with Crippen LogP contribution in [-0.4, -0.2) is 42.4 Å². The van der Waals surface area contributed by atoms with Gasteiger partial charge >= 0.3 is 0 Å². The molecule has 0 spiro atoms. The van der Waals surface area contributed by atoms with Crippen LogP contribution in [0.3, 0.4) is 0 Å². The maximum Gasteiger partial charge on any atom is 0.251 e. The van der Waals surface area contributed by atoms with E-state index in [2.05, 4.69) is 20.4 Å². The van der Waals surface area contributed by atoms with Crippen LogP contribution in [-0.2, 0) is 11.3 Å². The van der Waals surface area contributed by atoms with Crippen LogP contribution < -0.4 is 10.2 Å². The van der Waals surface area contributed by atoms with Crippen molar-refractivity contribution in [2.45, 2.75) is 32.4 Å². The molecule has 1 fully saturated rings. The van der Waals surface area contributed by atoms with Crippen molar-refractivity contribution in [1.82, 2.24) is 15.5 Å². The van der Waals surface area contributed by atoms with E-state index in [1.807, 2.05) is 24.3 Å². The number of amides is 1. The molecule has 0 atom stereocenters. The molecule has 1 aliphatic heterocycles. The van der Waals surface area contributed by atoms with Crippen molar-refractivity contribution in [3.63, 3.8) is 0 Å². The largest absolute Gasteiger partial charge is 0.381 e. The van der Waals surface area contributed by atoms with Gasteiger partial charge in [-0.3, -0.25) is 4.79 Å². The second-order valence-electron chi connectivity index (χ2n) is 5.89. The number of hydrogen-bond donors (Lipinski definition) is 1. The van der Waals surface area contributed by atoms with Gasteiger partial charge in [-0.25, -0.2) is 0 Å². The first kappa shape index (κ1) is 16.4. The summed E-state index contributed by atoms with van der Waals surface area (Å²) in [5.74, 6) is 0.801. The van der Waals surface area contributed by atoms with Crippen molar-refractivity contribution < 1.29 is 14.1 Å². The summed E-state index contributed by atoms with van der Waals surface area (Å²) in [5, 5.41) is 6.47. The summed E-state index contributed by atoms with van der Waals surface area (Å²) >= 11 is 0. The molecule has 0 bridgehead atoms.